The number of fused-ring (bicyclic) bond motifs is 1. The number of amides is 1. The van der Waals surface area contributed by atoms with Crippen LogP contribution < -0.4 is 9.64 Å². The minimum Gasteiger partial charge on any atom is -0.497 e. The van der Waals surface area contributed by atoms with Gasteiger partial charge >= 0.3 is 0 Å². The molecule has 1 aliphatic heterocycles. The summed E-state index contributed by atoms with van der Waals surface area (Å²) in [6.07, 6.45) is 1.54. The molecule has 0 radical (unpaired) electrons. The van der Waals surface area contributed by atoms with Crippen molar-refractivity contribution in [2.75, 3.05) is 18.6 Å². The van der Waals surface area contributed by atoms with Crippen molar-refractivity contribution >= 4 is 17.3 Å². The van der Waals surface area contributed by atoms with Crippen LogP contribution in [0.1, 0.15) is 22.5 Å². The molecule has 0 aliphatic carbocycles. The second-order valence-corrected chi connectivity index (χ2v) is 6.44. The number of nitrogens with zero attached hydrogens (tertiary/aromatic N) is 3. The first-order valence-electron chi connectivity index (χ1n) is 8.77. The summed E-state index contributed by atoms with van der Waals surface area (Å²) >= 11 is 0. The molecule has 142 valence electrons. The predicted molar refractivity (Wildman–Crippen MR) is 102 cm³/mol. The van der Waals surface area contributed by atoms with E-state index in [4.69, 9.17) is 9.26 Å². The highest BCUT2D eigenvalue weighted by Gasteiger charge is 2.27. The zero-order valence-electron chi connectivity index (χ0n) is 15.1. The summed E-state index contributed by atoms with van der Waals surface area (Å²) in [6.45, 7) is 0.467. The number of nitro groups is 1. The predicted octanol–water partition coefficient (Wildman–Crippen LogP) is 3.85. The lowest BCUT2D eigenvalue weighted by atomic mass is 10.0. The molecule has 0 saturated carbocycles. The summed E-state index contributed by atoms with van der Waals surface area (Å²) in [6, 6.07) is 13.4. The van der Waals surface area contributed by atoms with Crippen molar-refractivity contribution in [3.8, 4) is 17.1 Å². The minimum absolute atomic E-state index is 0.0457. The lowest BCUT2D eigenvalue weighted by Crippen LogP contribution is -2.35. The van der Waals surface area contributed by atoms with Gasteiger partial charge in [-0.25, -0.2) is 0 Å². The highest BCUT2D eigenvalue weighted by Crippen LogP contribution is 2.32. The Bertz CT molecular complexity index is 1060. The number of hydrogen-bond donors (Lipinski definition) is 0. The molecule has 0 bridgehead atoms. The van der Waals surface area contributed by atoms with E-state index in [1.165, 1.54) is 17.0 Å². The number of carbonyl (C=O) groups excluding carboxylic acids is 1. The molecule has 8 heteroatoms. The van der Waals surface area contributed by atoms with Crippen LogP contribution in [0.25, 0.3) is 11.3 Å². The zero-order chi connectivity index (χ0) is 19.7. The molecular formula is C20H17N3O5. The summed E-state index contributed by atoms with van der Waals surface area (Å²) in [5, 5.41) is 15.0. The van der Waals surface area contributed by atoms with Gasteiger partial charge in [0, 0.05) is 30.3 Å². The minimum atomic E-state index is -0.464. The van der Waals surface area contributed by atoms with Crippen LogP contribution in [0.3, 0.4) is 0 Å². The summed E-state index contributed by atoms with van der Waals surface area (Å²) < 4.78 is 10.6. The average molecular weight is 379 g/mol. The van der Waals surface area contributed by atoms with E-state index in [0.29, 0.717) is 23.7 Å². The molecule has 0 unspecified atom stereocenters. The largest absolute Gasteiger partial charge is 0.497 e. The number of nitro benzene ring substituents is 1. The van der Waals surface area contributed by atoms with Gasteiger partial charge in [-0.15, -0.1) is 0 Å². The van der Waals surface area contributed by atoms with Gasteiger partial charge in [0.05, 0.1) is 17.7 Å². The van der Waals surface area contributed by atoms with Crippen molar-refractivity contribution in [3.63, 3.8) is 0 Å². The van der Waals surface area contributed by atoms with E-state index in [2.05, 4.69) is 5.16 Å². The molecule has 8 nitrogen and oxygen atoms in total. The van der Waals surface area contributed by atoms with Crippen molar-refractivity contribution in [3.05, 3.63) is 69.9 Å². The number of non-ortho nitro benzene ring substituents is 1. The maximum Gasteiger partial charge on any atom is 0.280 e. The first-order valence-corrected chi connectivity index (χ1v) is 8.77. The van der Waals surface area contributed by atoms with E-state index in [1.807, 2.05) is 18.2 Å². The maximum atomic E-state index is 13.0. The van der Waals surface area contributed by atoms with Crippen LogP contribution >= 0.6 is 0 Å². The van der Waals surface area contributed by atoms with Crippen LogP contribution in [0.15, 0.2) is 53.1 Å². The summed E-state index contributed by atoms with van der Waals surface area (Å²) in [5.41, 5.74) is 2.30. The molecule has 0 fully saturated rings. The third-order valence-electron chi connectivity index (χ3n) is 4.73. The highest BCUT2D eigenvalue weighted by atomic mass is 16.6. The molecular weight excluding hydrogens is 362 g/mol. The van der Waals surface area contributed by atoms with Crippen molar-refractivity contribution in [2.45, 2.75) is 12.8 Å². The fourth-order valence-corrected chi connectivity index (χ4v) is 3.31. The molecule has 0 saturated heterocycles. The molecule has 2 heterocycles. The fraction of sp³-hybridized carbons (Fsp3) is 0.200. The first kappa shape index (κ1) is 17.7. The number of benzene rings is 2. The molecule has 3 aromatic rings. The van der Waals surface area contributed by atoms with Crippen molar-refractivity contribution in [1.82, 2.24) is 5.16 Å². The molecule has 0 N–H and O–H groups in total. The zero-order valence-corrected chi connectivity index (χ0v) is 15.1. The van der Waals surface area contributed by atoms with Gasteiger partial charge in [-0.3, -0.25) is 14.9 Å². The molecule has 1 aromatic heterocycles. The maximum absolute atomic E-state index is 13.0. The monoisotopic (exact) mass is 379 g/mol. The van der Waals surface area contributed by atoms with Gasteiger partial charge in [0.15, 0.2) is 11.5 Å². The van der Waals surface area contributed by atoms with Crippen LogP contribution in [0.5, 0.6) is 5.75 Å². The second-order valence-electron chi connectivity index (χ2n) is 6.44. The SMILES string of the molecule is COc1cccc(-c2cc(C(=O)N3CCCc4ccc([N+](=O)[O-])cc43)no2)c1. The molecule has 28 heavy (non-hydrogen) atoms. The van der Waals surface area contributed by atoms with Crippen LogP contribution in [0, 0.1) is 10.1 Å². The lowest BCUT2D eigenvalue weighted by molar-refractivity contribution is -0.384. The first-order chi connectivity index (χ1) is 13.6. The van der Waals surface area contributed by atoms with E-state index in [1.54, 1.807) is 25.3 Å². The molecule has 0 spiro atoms. The van der Waals surface area contributed by atoms with Gasteiger partial charge in [-0.05, 0) is 30.5 Å². The molecule has 1 aliphatic rings. The Morgan fingerprint density at radius 1 is 1.25 bits per heavy atom. The van der Waals surface area contributed by atoms with E-state index in [0.717, 1.165) is 24.0 Å². The van der Waals surface area contributed by atoms with Crippen molar-refractivity contribution < 1.29 is 19.0 Å². The normalized spacial score (nSPS) is 13.1. The fourth-order valence-electron chi connectivity index (χ4n) is 3.31. The van der Waals surface area contributed by atoms with Crippen LogP contribution in [-0.2, 0) is 6.42 Å². The summed E-state index contributed by atoms with van der Waals surface area (Å²) in [7, 11) is 1.57. The van der Waals surface area contributed by atoms with Gasteiger partial charge in [0.25, 0.3) is 11.6 Å². The van der Waals surface area contributed by atoms with Crippen LogP contribution in [0.2, 0.25) is 0 Å². The van der Waals surface area contributed by atoms with Gasteiger partial charge in [0.1, 0.15) is 5.75 Å². The molecule has 4 rings (SSSR count). The van der Waals surface area contributed by atoms with Crippen molar-refractivity contribution in [1.29, 1.82) is 0 Å². The van der Waals surface area contributed by atoms with Crippen LogP contribution in [0.4, 0.5) is 11.4 Å². The standard InChI is InChI=1S/C20H17N3O5/c1-27-16-6-2-4-14(10-16)19-12-17(21-28-19)20(24)22-9-3-5-13-7-8-15(23(25)26)11-18(13)22/h2,4,6-8,10-12H,3,5,9H2,1H3. The molecule has 2 aromatic carbocycles. The number of carbonyl (C=O) groups is 1. The van der Waals surface area contributed by atoms with Gasteiger partial charge in [-0.2, -0.15) is 0 Å². The topological polar surface area (TPSA) is 98.7 Å². The highest BCUT2D eigenvalue weighted by molar-refractivity contribution is 6.06. The Labute approximate surface area is 160 Å². The average Bonchev–Trinajstić information content (AvgIpc) is 3.22. The Hall–Kier alpha value is -3.68. The van der Waals surface area contributed by atoms with Crippen LogP contribution in [-0.4, -0.2) is 29.6 Å². The van der Waals surface area contributed by atoms with E-state index >= 15 is 0 Å². The van der Waals surface area contributed by atoms with E-state index in [-0.39, 0.29) is 17.3 Å². The number of ether oxygens (including phenoxy) is 1. The number of aryl methyl sites for hydroxylation is 1. The second kappa shape index (κ2) is 7.15. The smallest absolute Gasteiger partial charge is 0.280 e. The van der Waals surface area contributed by atoms with Gasteiger partial charge in [-0.1, -0.05) is 23.4 Å². The summed E-state index contributed by atoms with van der Waals surface area (Å²) in [4.78, 5) is 25.2. The number of methoxy groups -OCH3 is 1. The Morgan fingerprint density at radius 3 is 2.89 bits per heavy atom. The third kappa shape index (κ3) is 3.20. The number of anilines is 1. The third-order valence-corrected chi connectivity index (χ3v) is 4.73. The van der Waals surface area contributed by atoms with E-state index in [9.17, 15) is 14.9 Å². The van der Waals surface area contributed by atoms with E-state index < -0.39 is 4.92 Å². The van der Waals surface area contributed by atoms with Crippen molar-refractivity contribution in [2.24, 2.45) is 0 Å². The van der Waals surface area contributed by atoms with Gasteiger partial charge in [0.2, 0.25) is 0 Å². The Kier molecular flexibility index (Phi) is 4.52. The lowest BCUT2D eigenvalue weighted by Gasteiger charge is -2.28. The Balaban J connectivity index is 1.65. The quantitative estimate of drug-likeness (QED) is 0.504. The summed E-state index contributed by atoms with van der Waals surface area (Å²) in [5.74, 6) is 0.761. The molecule has 1 amide bonds. The number of aromatic nitrogens is 1. The number of hydrogen-bond acceptors (Lipinski definition) is 6. The Morgan fingerprint density at radius 2 is 2.11 bits per heavy atom. The molecule has 0 atom stereocenters. The van der Waals surface area contributed by atoms with Gasteiger partial charge < -0.3 is 14.2 Å². The number of rotatable bonds is 4.